The van der Waals surface area contributed by atoms with E-state index in [9.17, 15) is 4.79 Å². The number of hydrogen-bond donors (Lipinski definition) is 0. The van der Waals surface area contributed by atoms with E-state index in [0.29, 0.717) is 17.9 Å². The number of ether oxygens (including phenoxy) is 2. The third kappa shape index (κ3) is 5.20. The number of carbonyl (C=O) groups excluding carboxylic acids is 1. The highest BCUT2D eigenvalue weighted by Crippen LogP contribution is 2.10. The lowest BCUT2D eigenvalue weighted by atomic mass is 10.3. The molecule has 0 heterocycles. The van der Waals surface area contributed by atoms with Crippen molar-refractivity contribution in [2.75, 3.05) is 6.61 Å². The molecular weight excluding hydrogens is 216 g/mol. The Morgan fingerprint density at radius 1 is 1.29 bits per heavy atom. The summed E-state index contributed by atoms with van der Waals surface area (Å²) in [4.78, 5) is 11.6. The molecule has 3 heteroatoms. The molecule has 0 saturated carbocycles. The molecule has 0 aliphatic rings. The van der Waals surface area contributed by atoms with Crippen molar-refractivity contribution in [2.24, 2.45) is 0 Å². The average molecular weight is 234 g/mol. The number of carbonyl (C=O) groups is 1. The first-order chi connectivity index (χ1) is 8.24. The third-order valence-corrected chi connectivity index (χ3v) is 2.15. The molecule has 0 bridgehead atoms. The van der Waals surface area contributed by atoms with Crippen molar-refractivity contribution in [3.8, 4) is 5.75 Å². The summed E-state index contributed by atoms with van der Waals surface area (Å²) in [6.45, 7) is 4.40. The molecule has 0 atom stereocenters. The molecule has 92 valence electrons. The summed E-state index contributed by atoms with van der Waals surface area (Å²) < 4.78 is 10.4. The molecule has 1 aromatic carbocycles. The molecule has 0 amide bonds. The SMILES string of the molecule is CCCCOC=C(C)C(=O)Oc1ccccc1. The highest BCUT2D eigenvalue weighted by molar-refractivity contribution is 5.89. The van der Waals surface area contributed by atoms with Crippen molar-refractivity contribution in [1.82, 2.24) is 0 Å². The molecule has 0 aliphatic carbocycles. The Morgan fingerprint density at radius 3 is 2.65 bits per heavy atom. The number of benzene rings is 1. The lowest BCUT2D eigenvalue weighted by Gasteiger charge is -2.04. The fraction of sp³-hybridized carbons (Fsp3) is 0.357. The second kappa shape index (κ2) is 7.49. The average Bonchev–Trinajstić information content (AvgIpc) is 2.35. The van der Waals surface area contributed by atoms with Gasteiger partial charge in [0, 0.05) is 0 Å². The predicted molar refractivity (Wildman–Crippen MR) is 66.7 cm³/mol. The van der Waals surface area contributed by atoms with Crippen LogP contribution in [0, 0.1) is 0 Å². The minimum atomic E-state index is -0.382. The zero-order valence-corrected chi connectivity index (χ0v) is 10.3. The molecule has 0 saturated heterocycles. The largest absolute Gasteiger partial charge is 0.501 e. The Morgan fingerprint density at radius 2 is 2.00 bits per heavy atom. The van der Waals surface area contributed by atoms with Crippen LogP contribution in [0.15, 0.2) is 42.2 Å². The fourth-order valence-corrected chi connectivity index (χ4v) is 1.14. The van der Waals surface area contributed by atoms with Gasteiger partial charge in [-0.1, -0.05) is 31.5 Å². The van der Waals surface area contributed by atoms with Crippen molar-refractivity contribution >= 4 is 5.97 Å². The summed E-state index contributed by atoms with van der Waals surface area (Å²) in [6.07, 6.45) is 3.51. The molecule has 0 unspecified atom stereocenters. The standard InChI is InChI=1S/C14H18O3/c1-3-4-10-16-11-12(2)14(15)17-13-8-6-5-7-9-13/h5-9,11H,3-4,10H2,1-2H3. The van der Waals surface area contributed by atoms with Gasteiger partial charge in [-0.2, -0.15) is 0 Å². The first kappa shape index (κ1) is 13.3. The van der Waals surface area contributed by atoms with Gasteiger partial charge >= 0.3 is 5.97 Å². The van der Waals surface area contributed by atoms with Crippen LogP contribution in [-0.2, 0) is 9.53 Å². The maximum absolute atomic E-state index is 11.6. The van der Waals surface area contributed by atoms with Crippen LogP contribution in [-0.4, -0.2) is 12.6 Å². The quantitative estimate of drug-likeness (QED) is 0.249. The van der Waals surface area contributed by atoms with E-state index < -0.39 is 0 Å². The Kier molecular flexibility index (Phi) is 5.86. The summed E-state index contributed by atoms with van der Waals surface area (Å²) in [5.41, 5.74) is 0.463. The number of esters is 1. The van der Waals surface area contributed by atoms with Gasteiger partial charge in [-0.05, 0) is 25.5 Å². The van der Waals surface area contributed by atoms with Crippen LogP contribution in [0.3, 0.4) is 0 Å². The predicted octanol–water partition coefficient (Wildman–Crippen LogP) is 3.31. The molecule has 1 aromatic rings. The molecule has 0 radical (unpaired) electrons. The van der Waals surface area contributed by atoms with Crippen LogP contribution < -0.4 is 4.74 Å². The highest BCUT2D eigenvalue weighted by Gasteiger charge is 2.07. The molecule has 0 aromatic heterocycles. The van der Waals surface area contributed by atoms with E-state index in [1.165, 1.54) is 6.26 Å². The van der Waals surface area contributed by atoms with E-state index in [-0.39, 0.29) is 5.97 Å². The maximum atomic E-state index is 11.6. The van der Waals surface area contributed by atoms with Crippen LogP contribution in [0.25, 0.3) is 0 Å². The number of hydrogen-bond acceptors (Lipinski definition) is 3. The summed E-state index contributed by atoms with van der Waals surface area (Å²) in [7, 11) is 0. The van der Waals surface area contributed by atoms with Crippen LogP contribution in [0.5, 0.6) is 5.75 Å². The summed E-state index contributed by atoms with van der Waals surface area (Å²) in [6, 6.07) is 8.99. The Hall–Kier alpha value is -1.77. The van der Waals surface area contributed by atoms with Crippen molar-refractivity contribution in [3.63, 3.8) is 0 Å². The van der Waals surface area contributed by atoms with E-state index >= 15 is 0 Å². The molecule has 3 nitrogen and oxygen atoms in total. The Balaban J connectivity index is 2.41. The van der Waals surface area contributed by atoms with Crippen molar-refractivity contribution in [3.05, 3.63) is 42.2 Å². The fourth-order valence-electron chi connectivity index (χ4n) is 1.14. The highest BCUT2D eigenvalue weighted by atomic mass is 16.5. The molecule has 1 rings (SSSR count). The number of para-hydroxylation sites is 1. The van der Waals surface area contributed by atoms with E-state index in [0.717, 1.165) is 12.8 Å². The topological polar surface area (TPSA) is 35.5 Å². The van der Waals surface area contributed by atoms with Gasteiger partial charge in [0.2, 0.25) is 0 Å². The normalized spacial score (nSPS) is 11.1. The summed E-state index contributed by atoms with van der Waals surface area (Å²) in [5.74, 6) is 0.159. The van der Waals surface area contributed by atoms with E-state index in [2.05, 4.69) is 6.92 Å². The molecule has 17 heavy (non-hydrogen) atoms. The minimum Gasteiger partial charge on any atom is -0.501 e. The molecule has 0 spiro atoms. The molecule has 0 aliphatic heterocycles. The first-order valence-corrected chi connectivity index (χ1v) is 5.79. The molecule has 0 N–H and O–H groups in total. The van der Waals surface area contributed by atoms with E-state index in [1.54, 1.807) is 19.1 Å². The lowest BCUT2D eigenvalue weighted by molar-refractivity contribution is -0.130. The van der Waals surface area contributed by atoms with Gasteiger partial charge in [-0.15, -0.1) is 0 Å². The van der Waals surface area contributed by atoms with E-state index in [1.807, 2.05) is 18.2 Å². The van der Waals surface area contributed by atoms with Crippen LogP contribution in [0.4, 0.5) is 0 Å². The second-order valence-corrected chi connectivity index (χ2v) is 3.73. The monoisotopic (exact) mass is 234 g/mol. The second-order valence-electron chi connectivity index (χ2n) is 3.73. The van der Waals surface area contributed by atoms with Crippen LogP contribution in [0.1, 0.15) is 26.7 Å². The Bertz CT molecular complexity index is 368. The van der Waals surface area contributed by atoms with Crippen molar-refractivity contribution in [1.29, 1.82) is 0 Å². The van der Waals surface area contributed by atoms with Crippen molar-refractivity contribution in [2.45, 2.75) is 26.7 Å². The number of unbranched alkanes of at least 4 members (excludes halogenated alkanes) is 1. The Labute approximate surface area is 102 Å². The van der Waals surface area contributed by atoms with Gasteiger partial charge in [0.1, 0.15) is 5.75 Å². The number of rotatable bonds is 6. The first-order valence-electron chi connectivity index (χ1n) is 5.79. The van der Waals surface area contributed by atoms with Gasteiger partial charge in [0.15, 0.2) is 0 Å². The molecular formula is C14H18O3. The maximum Gasteiger partial charge on any atom is 0.342 e. The minimum absolute atomic E-state index is 0.382. The van der Waals surface area contributed by atoms with Gasteiger partial charge in [-0.25, -0.2) is 4.79 Å². The van der Waals surface area contributed by atoms with Crippen LogP contribution >= 0.6 is 0 Å². The van der Waals surface area contributed by atoms with Gasteiger partial charge in [0.05, 0.1) is 18.4 Å². The summed E-state index contributed by atoms with van der Waals surface area (Å²) >= 11 is 0. The lowest BCUT2D eigenvalue weighted by Crippen LogP contribution is -2.09. The summed E-state index contributed by atoms with van der Waals surface area (Å²) in [5, 5.41) is 0. The smallest absolute Gasteiger partial charge is 0.342 e. The van der Waals surface area contributed by atoms with Gasteiger partial charge < -0.3 is 9.47 Å². The molecule has 0 fully saturated rings. The van der Waals surface area contributed by atoms with Gasteiger partial charge in [-0.3, -0.25) is 0 Å². The van der Waals surface area contributed by atoms with E-state index in [4.69, 9.17) is 9.47 Å². The van der Waals surface area contributed by atoms with Crippen molar-refractivity contribution < 1.29 is 14.3 Å². The zero-order chi connectivity index (χ0) is 12.5. The van der Waals surface area contributed by atoms with Gasteiger partial charge in [0.25, 0.3) is 0 Å². The van der Waals surface area contributed by atoms with Crippen LogP contribution in [0.2, 0.25) is 0 Å². The third-order valence-electron chi connectivity index (χ3n) is 2.15. The zero-order valence-electron chi connectivity index (χ0n) is 10.3.